The average molecular weight is 171 g/mol. The second-order valence-electron chi connectivity index (χ2n) is 2.55. The Hall–Kier alpha value is -0.0600. The van der Waals surface area contributed by atoms with Crippen LogP contribution in [-0.4, -0.2) is 0 Å². The van der Waals surface area contributed by atoms with Gasteiger partial charge >= 0.3 is 0 Å². The van der Waals surface area contributed by atoms with Crippen molar-refractivity contribution in [3.63, 3.8) is 0 Å². The smallest absolute Gasteiger partial charge is 0.00717 e. The molecule has 1 aliphatic heterocycles. The summed E-state index contributed by atoms with van der Waals surface area (Å²) in [5.74, 6) is 0. The molecule has 0 saturated heterocycles. The van der Waals surface area contributed by atoms with E-state index >= 15 is 0 Å². The van der Waals surface area contributed by atoms with Crippen molar-refractivity contribution in [1.29, 1.82) is 0 Å². The molecule has 1 aromatic rings. The average Bonchev–Trinajstić information content (AvgIpc) is 2.27. The van der Waals surface area contributed by atoms with E-state index in [1.165, 1.54) is 11.1 Å². The lowest BCUT2D eigenvalue weighted by molar-refractivity contribution is 1.35. The molecule has 1 aliphatic rings. The molecule has 10 heavy (non-hydrogen) atoms. The van der Waals surface area contributed by atoms with Gasteiger partial charge in [-0.05, 0) is 18.4 Å². The molecule has 52 valence electrons. The van der Waals surface area contributed by atoms with E-state index in [9.17, 15) is 0 Å². The minimum atomic E-state index is -0.220. The molecule has 0 radical (unpaired) electrons. The third-order valence-electron chi connectivity index (χ3n) is 1.80. The summed E-state index contributed by atoms with van der Waals surface area (Å²) in [6.45, 7) is 0. The minimum absolute atomic E-state index is 0.220. The molecular weight excluding hydrogens is 163 g/mol. The van der Waals surface area contributed by atoms with Crippen LogP contribution in [0.2, 0.25) is 0 Å². The Labute approximate surface area is 66.8 Å². The SMILES string of the molecule is ClP1Cc2ccccc2C1. The van der Waals surface area contributed by atoms with E-state index in [-0.39, 0.29) is 7.27 Å². The standard InChI is InChI=1S/C8H8ClP/c9-10-5-7-3-1-2-4-8(7)6-10/h1-4H,5-6H2. The highest BCUT2D eigenvalue weighted by atomic mass is 35.7. The largest absolute Gasteiger partial charge is 0.0957 e. The summed E-state index contributed by atoms with van der Waals surface area (Å²) in [6.07, 6.45) is 2.24. The molecule has 2 rings (SSSR count). The first kappa shape index (κ1) is 6.64. The lowest BCUT2D eigenvalue weighted by Crippen LogP contribution is -1.77. The van der Waals surface area contributed by atoms with Gasteiger partial charge in [-0.1, -0.05) is 35.5 Å². The number of benzene rings is 1. The van der Waals surface area contributed by atoms with Gasteiger partial charge in [-0.3, -0.25) is 0 Å². The first-order valence-electron chi connectivity index (χ1n) is 3.34. The van der Waals surface area contributed by atoms with Crippen molar-refractivity contribution in [2.24, 2.45) is 0 Å². The maximum absolute atomic E-state index is 6.04. The van der Waals surface area contributed by atoms with Crippen molar-refractivity contribution in [3.8, 4) is 0 Å². The van der Waals surface area contributed by atoms with Crippen LogP contribution in [0, 0.1) is 0 Å². The normalized spacial score (nSPS) is 17.3. The third kappa shape index (κ3) is 1.07. The monoisotopic (exact) mass is 170 g/mol. The highest BCUT2D eigenvalue weighted by Crippen LogP contribution is 2.54. The summed E-state index contributed by atoms with van der Waals surface area (Å²) >= 11 is 6.04. The fourth-order valence-electron chi connectivity index (χ4n) is 1.29. The van der Waals surface area contributed by atoms with Crippen LogP contribution >= 0.6 is 18.5 Å². The Balaban J connectivity index is 2.42. The summed E-state index contributed by atoms with van der Waals surface area (Å²) < 4.78 is 0. The zero-order valence-electron chi connectivity index (χ0n) is 5.55. The molecule has 0 unspecified atom stereocenters. The number of hydrogen-bond acceptors (Lipinski definition) is 0. The molecule has 0 fully saturated rings. The van der Waals surface area contributed by atoms with Gasteiger partial charge in [0.05, 0.1) is 0 Å². The molecule has 0 amide bonds. The van der Waals surface area contributed by atoms with Crippen molar-refractivity contribution in [2.45, 2.75) is 12.3 Å². The van der Waals surface area contributed by atoms with Gasteiger partial charge in [-0.25, -0.2) is 0 Å². The van der Waals surface area contributed by atoms with Crippen molar-refractivity contribution < 1.29 is 0 Å². The van der Waals surface area contributed by atoms with E-state index in [0.29, 0.717) is 0 Å². The molecule has 2 heteroatoms. The van der Waals surface area contributed by atoms with E-state index in [2.05, 4.69) is 24.3 Å². The molecule has 0 N–H and O–H groups in total. The fraction of sp³-hybridized carbons (Fsp3) is 0.250. The number of fused-ring (bicyclic) bond motifs is 1. The number of halogens is 1. The third-order valence-corrected chi connectivity index (χ3v) is 3.89. The second kappa shape index (κ2) is 2.53. The topological polar surface area (TPSA) is 0 Å². The molecule has 0 spiro atoms. The summed E-state index contributed by atoms with van der Waals surface area (Å²) in [5.41, 5.74) is 2.92. The maximum atomic E-state index is 6.04. The lowest BCUT2D eigenvalue weighted by Gasteiger charge is -1.92. The van der Waals surface area contributed by atoms with Gasteiger partial charge < -0.3 is 0 Å². The van der Waals surface area contributed by atoms with Crippen molar-refractivity contribution >= 4 is 18.5 Å². The Kier molecular flexibility index (Phi) is 1.68. The fourth-order valence-corrected chi connectivity index (χ4v) is 3.53. The molecule has 0 bridgehead atoms. The predicted molar refractivity (Wildman–Crippen MR) is 46.6 cm³/mol. The van der Waals surface area contributed by atoms with Crippen LogP contribution in [0.3, 0.4) is 0 Å². The van der Waals surface area contributed by atoms with Gasteiger partial charge in [0, 0.05) is 12.3 Å². The van der Waals surface area contributed by atoms with E-state index in [1.54, 1.807) is 0 Å². The Bertz CT molecular complexity index is 222. The van der Waals surface area contributed by atoms with Crippen molar-refractivity contribution in [3.05, 3.63) is 35.4 Å². The van der Waals surface area contributed by atoms with Gasteiger partial charge in [0.15, 0.2) is 0 Å². The quantitative estimate of drug-likeness (QED) is 0.524. The van der Waals surface area contributed by atoms with Crippen molar-refractivity contribution in [2.75, 3.05) is 0 Å². The van der Waals surface area contributed by atoms with Crippen LogP contribution in [0.25, 0.3) is 0 Å². The first-order chi connectivity index (χ1) is 4.86. The van der Waals surface area contributed by atoms with Gasteiger partial charge in [-0.2, -0.15) is 0 Å². The summed E-state index contributed by atoms with van der Waals surface area (Å²) in [4.78, 5) is 0. The van der Waals surface area contributed by atoms with Gasteiger partial charge in [-0.15, -0.1) is 0 Å². The Morgan fingerprint density at radius 3 is 2.10 bits per heavy atom. The van der Waals surface area contributed by atoms with Gasteiger partial charge in [0.1, 0.15) is 0 Å². The molecule has 0 aromatic heterocycles. The predicted octanol–water partition coefficient (Wildman–Crippen LogP) is 3.34. The van der Waals surface area contributed by atoms with Crippen LogP contribution in [0.4, 0.5) is 0 Å². The molecule has 0 saturated carbocycles. The zero-order valence-corrected chi connectivity index (χ0v) is 7.20. The Morgan fingerprint density at radius 2 is 1.60 bits per heavy atom. The highest BCUT2D eigenvalue weighted by molar-refractivity contribution is 7.83. The lowest BCUT2D eigenvalue weighted by atomic mass is 10.1. The summed E-state index contributed by atoms with van der Waals surface area (Å²) in [5, 5.41) is 0. The summed E-state index contributed by atoms with van der Waals surface area (Å²) in [7, 11) is -0.220. The highest BCUT2D eigenvalue weighted by Gasteiger charge is 2.17. The number of hydrogen-bond donors (Lipinski definition) is 0. The molecule has 1 heterocycles. The van der Waals surface area contributed by atoms with E-state index in [4.69, 9.17) is 11.2 Å². The summed E-state index contributed by atoms with van der Waals surface area (Å²) in [6, 6.07) is 8.54. The minimum Gasteiger partial charge on any atom is -0.0957 e. The van der Waals surface area contributed by atoms with Crippen molar-refractivity contribution in [1.82, 2.24) is 0 Å². The molecule has 0 atom stereocenters. The second-order valence-corrected chi connectivity index (χ2v) is 5.54. The van der Waals surface area contributed by atoms with Crippen LogP contribution < -0.4 is 0 Å². The van der Waals surface area contributed by atoms with Gasteiger partial charge in [0.2, 0.25) is 0 Å². The Morgan fingerprint density at radius 1 is 1.10 bits per heavy atom. The van der Waals surface area contributed by atoms with Crippen LogP contribution in [-0.2, 0) is 12.3 Å². The van der Waals surface area contributed by atoms with Crippen LogP contribution in [0.5, 0.6) is 0 Å². The molecule has 0 aliphatic carbocycles. The molecule has 1 aromatic carbocycles. The number of rotatable bonds is 0. The van der Waals surface area contributed by atoms with Crippen LogP contribution in [0.15, 0.2) is 24.3 Å². The molecule has 0 nitrogen and oxygen atoms in total. The van der Waals surface area contributed by atoms with E-state index < -0.39 is 0 Å². The zero-order chi connectivity index (χ0) is 6.97. The van der Waals surface area contributed by atoms with E-state index in [1.807, 2.05) is 0 Å². The van der Waals surface area contributed by atoms with Crippen LogP contribution in [0.1, 0.15) is 11.1 Å². The maximum Gasteiger partial charge on any atom is 0.00717 e. The van der Waals surface area contributed by atoms with E-state index in [0.717, 1.165) is 12.3 Å². The molecular formula is C8H8ClP. The van der Waals surface area contributed by atoms with Gasteiger partial charge in [0.25, 0.3) is 0 Å². The first-order valence-corrected chi connectivity index (χ1v) is 5.95.